The zero-order valence-corrected chi connectivity index (χ0v) is 30.6. The molecule has 0 spiro atoms. The first-order valence-electron chi connectivity index (χ1n) is 19.5. The predicted octanol–water partition coefficient (Wildman–Crippen LogP) is 15.9. The molecule has 0 atom stereocenters. The maximum absolute atomic E-state index is 2.42. The van der Waals surface area contributed by atoms with Gasteiger partial charge < -0.3 is 0 Å². The first kappa shape index (κ1) is 31.1. The third-order valence-corrected chi connectivity index (χ3v) is 12.1. The third kappa shape index (κ3) is 4.73. The second-order valence-electron chi connectivity index (χ2n) is 15.2. The second-order valence-corrected chi connectivity index (χ2v) is 15.2. The van der Waals surface area contributed by atoms with Crippen LogP contribution in [-0.2, 0) is 0 Å². The highest BCUT2D eigenvalue weighted by Gasteiger charge is 2.16. The maximum Gasteiger partial charge on any atom is -0.00206 e. The number of hydrogen-bond donors (Lipinski definition) is 0. The standard InChI is InChI=1S/C56H34/c1-6-16-46-35(11-1)21-26-43-33-53(49-19-9-10-20-50(49)55(43)46)42-25-23-37-29-41(24-22-38(37)30-42)52-34-44(31-39-13-3-5-15-45(39)52)54-32-40-14-4-8-18-48(40)56-47-17-7-2-12-36(47)27-28-51(54)56/h1-34H. The van der Waals surface area contributed by atoms with Gasteiger partial charge in [0.1, 0.15) is 0 Å². The van der Waals surface area contributed by atoms with Crippen molar-refractivity contribution in [1.29, 1.82) is 0 Å². The Morgan fingerprint density at radius 2 is 0.589 bits per heavy atom. The summed E-state index contributed by atoms with van der Waals surface area (Å²) in [4.78, 5) is 0. The summed E-state index contributed by atoms with van der Waals surface area (Å²) in [5.41, 5.74) is 7.47. The fourth-order valence-electron chi connectivity index (χ4n) is 9.51. The number of rotatable bonds is 3. The summed E-state index contributed by atoms with van der Waals surface area (Å²) in [7, 11) is 0. The van der Waals surface area contributed by atoms with Gasteiger partial charge in [0.05, 0.1) is 0 Å². The summed E-state index contributed by atoms with van der Waals surface area (Å²) in [6.45, 7) is 0. The van der Waals surface area contributed by atoms with Crippen molar-refractivity contribution in [3.63, 3.8) is 0 Å². The minimum atomic E-state index is 1.22. The van der Waals surface area contributed by atoms with Crippen LogP contribution in [0.2, 0.25) is 0 Å². The molecule has 0 bridgehead atoms. The van der Waals surface area contributed by atoms with Gasteiger partial charge in [0.25, 0.3) is 0 Å². The molecule has 0 aliphatic heterocycles. The average molecular weight is 707 g/mol. The number of benzene rings is 12. The molecule has 0 radical (unpaired) electrons. The van der Waals surface area contributed by atoms with Crippen molar-refractivity contribution < 1.29 is 0 Å². The van der Waals surface area contributed by atoms with Gasteiger partial charge >= 0.3 is 0 Å². The van der Waals surface area contributed by atoms with E-state index in [0.29, 0.717) is 0 Å². The fourth-order valence-corrected chi connectivity index (χ4v) is 9.51. The van der Waals surface area contributed by atoms with Crippen LogP contribution in [0.25, 0.3) is 120 Å². The lowest BCUT2D eigenvalue weighted by molar-refractivity contribution is 1.65. The van der Waals surface area contributed by atoms with Gasteiger partial charge in [0.2, 0.25) is 0 Å². The van der Waals surface area contributed by atoms with Crippen molar-refractivity contribution in [2.75, 3.05) is 0 Å². The molecule has 0 saturated heterocycles. The molecule has 0 N–H and O–H groups in total. The first-order valence-corrected chi connectivity index (χ1v) is 19.5. The largest absolute Gasteiger partial charge is 0.0616 e. The second kappa shape index (κ2) is 12.1. The Bertz CT molecular complexity index is 3570. The molecule has 0 aromatic heterocycles. The van der Waals surface area contributed by atoms with E-state index in [4.69, 9.17) is 0 Å². The van der Waals surface area contributed by atoms with E-state index in [1.807, 2.05) is 0 Å². The molecule has 0 nitrogen and oxygen atoms in total. The van der Waals surface area contributed by atoms with E-state index in [0.717, 1.165) is 0 Å². The molecule has 12 rings (SSSR count). The minimum absolute atomic E-state index is 1.22. The normalized spacial score (nSPS) is 11.9. The third-order valence-electron chi connectivity index (χ3n) is 12.1. The van der Waals surface area contributed by atoms with E-state index in [-0.39, 0.29) is 0 Å². The molecule has 0 amide bonds. The van der Waals surface area contributed by atoms with Crippen molar-refractivity contribution in [1.82, 2.24) is 0 Å². The Morgan fingerprint density at radius 1 is 0.179 bits per heavy atom. The van der Waals surface area contributed by atoms with Crippen molar-refractivity contribution in [3.8, 4) is 33.4 Å². The predicted molar refractivity (Wildman–Crippen MR) is 243 cm³/mol. The Balaban J connectivity index is 1.03. The minimum Gasteiger partial charge on any atom is -0.0616 e. The van der Waals surface area contributed by atoms with Crippen molar-refractivity contribution >= 4 is 86.2 Å². The van der Waals surface area contributed by atoms with Crippen LogP contribution in [-0.4, -0.2) is 0 Å². The smallest absolute Gasteiger partial charge is 0.00206 e. The van der Waals surface area contributed by atoms with E-state index in [2.05, 4.69) is 206 Å². The van der Waals surface area contributed by atoms with Gasteiger partial charge in [-0.15, -0.1) is 0 Å². The monoisotopic (exact) mass is 706 g/mol. The topological polar surface area (TPSA) is 0 Å². The molecule has 0 aliphatic rings. The molecule has 0 aliphatic carbocycles. The van der Waals surface area contributed by atoms with Gasteiger partial charge in [0, 0.05) is 0 Å². The van der Waals surface area contributed by atoms with Crippen LogP contribution < -0.4 is 0 Å². The van der Waals surface area contributed by atoms with Crippen LogP contribution in [0.5, 0.6) is 0 Å². The summed E-state index contributed by atoms with van der Waals surface area (Å²) in [6.07, 6.45) is 0. The van der Waals surface area contributed by atoms with E-state index >= 15 is 0 Å². The summed E-state index contributed by atoms with van der Waals surface area (Å²) in [5.74, 6) is 0. The molecule has 0 unspecified atom stereocenters. The van der Waals surface area contributed by atoms with E-state index < -0.39 is 0 Å². The molecular formula is C56H34. The number of hydrogen-bond acceptors (Lipinski definition) is 0. The Labute approximate surface area is 324 Å². The fraction of sp³-hybridized carbons (Fsp3) is 0. The van der Waals surface area contributed by atoms with Crippen LogP contribution >= 0.6 is 0 Å². The van der Waals surface area contributed by atoms with Crippen molar-refractivity contribution in [2.24, 2.45) is 0 Å². The van der Waals surface area contributed by atoms with Crippen molar-refractivity contribution in [3.05, 3.63) is 206 Å². The lowest BCUT2D eigenvalue weighted by atomic mass is 9.87. The van der Waals surface area contributed by atoms with Crippen molar-refractivity contribution in [2.45, 2.75) is 0 Å². The van der Waals surface area contributed by atoms with Gasteiger partial charge in [-0.05, 0) is 156 Å². The molecule has 0 saturated carbocycles. The highest BCUT2D eigenvalue weighted by atomic mass is 14.2. The molecule has 0 fully saturated rings. The quantitative estimate of drug-likeness (QED) is 0.160. The number of fused-ring (bicyclic) bond motifs is 12. The van der Waals surface area contributed by atoms with Crippen LogP contribution in [0, 0.1) is 0 Å². The lowest BCUT2D eigenvalue weighted by Gasteiger charge is -2.16. The first-order chi connectivity index (χ1) is 27.7. The van der Waals surface area contributed by atoms with E-state index in [1.165, 1.54) is 120 Å². The summed E-state index contributed by atoms with van der Waals surface area (Å²) < 4.78 is 0. The average Bonchev–Trinajstić information content (AvgIpc) is 3.27. The van der Waals surface area contributed by atoms with Gasteiger partial charge in [-0.25, -0.2) is 0 Å². The SMILES string of the molecule is c1ccc2c(-c3ccc4cc(-c5cc6ccc7ccccc7c6c6ccccc56)ccc4c3)cc(-c3cc4ccccc4c4c3ccc3ccccc34)cc2c1. The van der Waals surface area contributed by atoms with Gasteiger partial charge in [0.15, 0.2) is 0 Å². The Morgan fingerprint density at radius 3 is 1.27 bits per heavy atom. The highest BCUT2D eigenvalue weighted by Crippen LogP contribution is 2.43. The Hall–Kier alpha value is -7.28. The van der Waals surface area contributed by atoms with Crippen LogP contribution in [0.3, 0.4) is 0 Å². The van der Waals surface area contributed by atoms with Crippen LogP contribution in [0.15, 0.2) is 206 Å². The molecular weight excluding hydrogens is 673 g/mol. The zero-order valence-electron chi connectivity index (χ0n) is 30.6. The molecule has 0 heterocycles. The van der Waals surface area contributed by atoms with E-state index in [1.54, 1.807) is 0 Å². The van der Waals surface area contributed by atoms with Gasteiger partial charge in [-0.1, -0.05) is 170 Å². The maximum atomic E-state index is 2.42. The van der Waals surface area contributed by atoms with Crippen LogP contribution in [0.4, 0.5) is 0 Å². The molecule has 0 heteroatoms. The Kier molecular flexibility index (Phi) is 6.73. The molecule has 56 heavy (non-hydrogen) atoms. The summed E-state index contributed by atoms with van der Waals surface area (Å²) in [6, 6.07) is 76.7. The highest BCUT2D eigenvalue weighted by molar-refractivity contribution is 6.25. The summed E-state index contributed by atoms with van der Waals surface area (Å²) >= 11 is 0. The lowest BCUT2D eigenvalue weighted by Crippen LogP contribution is -1.89. The zero-order chi connectivity index (χ0) is 36.7. The summed E-state index contributed by atoms with van der Waals surface area (Å²) in [5, 5.41) is 20.5. The van der Waals surface area contributed by atoms with Gasteiger partial charge in [-0.3, -0.25) is 0 Å². The van der Waals surface area contributed by atoms with E-state index in [9.17, 15) is 0 Å². The molecule has 12 aromatic carbocycles. The van der Waals surface area contributed by atoms with Gasteiger partial charge in [-0.2, -0.15) is 0 Å². The molecule has 258 valence electrons. The molecule has 12 aromatic rings. The van der Waals surface area contributed by atoms with Crippen LogP contribution in [0.1, 0.15) is 0 Å².